The Bertz CT molecular complexity index is 1880. The molecule has 43 heavy (non-hydrogen) atoms. The number of imide groups is 2. The van der Waals surface area contributed by atoms with E-state index in [2.05, 4.69) is 64.2 Å². The SMILES string of the molecule is Cc1cc(Cc2cc(C)c(C(C)(C)C)c(C)c2)cc(C)c1N1C(=O)c2ccc(-c3ccc4c(c3)C(=O)NC4=O)cc2C1=O. The molecular formula is C37H34N2O4. The number of hydrogen-bond acceptors (Lipinski definition) is 4. The van der Waals surface area contributed by atoms with Crippen LogP contribution < -0.4 is 10.2 Å². The second-order valence-electron chi connectivity index (χ2n) is 12.9. The molecule has 4 aromatic rings. The molecule has 0 aromatic heterocycles. The van der Waals surface area contributed by atoms with Crippen LogP contribution in [0.25, 0.3) is 11.1 Å². The molecule has 2 aliphatic rings. The Morgan fingerprint density at radius 3 is 1.60 bits per heavy atom. The molecule has 4 amide bonds. The molecule has 6 rings (SSSR count). The summed E-state index contributed by atoms with van der Waals surface area (Å²) in [5.74, 6) is -1.59. The molecule has 0 unspecified atom stereocenters. The smallest absolute Gasteiger partial charge is 0.266 e. The Morgan fingerprint density at radius 2 is 1.05 bits per heavy atom. The number of nitrogens with one attached hydrogen (secondary N) is 1. The first-order chi connectivity index (χ1) is 20.2. The van der Waals surface area contributed by atoms with Crippen LogP contribution >= 0.6 is 0 Å². The number of fused-ring (bicyclic) bond motifs is 2. The molecule has 6 heteroatoms. The van der Waals surface area contributed by atoms with Crippen molar-refractivity contribution in [1.82, 2.24) is 5.32 Å². The second-order valence-corrected chi connectivity index (χ2v) is 12.9. The van der Waals surface area contributed by atoms with E-state index < -0.39 is 11.8 Å². The third-order valence-corrected chi connectivity index (χ3v) is 8.48. The van der Waals surface area contributed by atoms with Crippen LogP contribution in [0.3, 0.4) is 0 Å². The highest BCUT2D eigenvalue weighted by Crippen LogP contribution is 2.37. The van der Waals surface area contributed by atoms with Crippen LogP contribution in [0.4, 0.5) is 5.69 Å². The van der Waals surface area contributed by atoms with Crippen LogP contribution in [0.1, 0.15) is 101 Å². The largest absolute Gasteiger partial charge is 0.288 e. The van der Waals surface area contributed by atoms with Gasteiger partial charge in [-0.2, -0.15) is 0 Å². The van der Waals surface area contributed by atoms with Gasteiger partial charge in [0.15, 0.2) is 0 Å². The topological polar surface area (TPSA) is 83.6 Å². The standard InChI is InChI=1S/C37H34N2O4/c1-19-12-23(13-20(2)31(19)37(5,6)7)16-24-14-21(3)32(22(4)15-24)39-35(42)28-11-9-26(18-30(28)36(39)43)25-8-10-27-29(17-25)34(41)38-33(27)40/h8-15,17-18H,16H2,1-7H3,(H,38,40,41). The molecule has 0 saturated carbocycles. The molecule has 2 heterocycles. The van der Waals surface area contributed by atoms with Crippen molar-refractivity contribution in [1.29, 1.82) is 0 Å². The van der Waals surface area contributed by atoms with Gasteiger partial charge in [-0.05, 0) is 114 Å². The molecule has 0 aliphatic carbocycles. The first-order valence-corrected chi connectivity index (χ1v) is 14.5. The highest BCUT2D eigenvalue weighted by molar-refractivity contribution is 6.35. The zero-order valence-electron chi connectivity index (χ0n) is 25.6. The summed E-state index contributed by atoms with van der Waals surface area (Å²) in [7, 11) is 0. The fourth-order valence-corrected chi connectivity index (χ4v) is 7.05. The van der Waals surface area contributed by atoms with Crippen molar-refractivity contribution < 1.29 is 19.2 Å². The fourth-order valence-electron chi connectivity index (χ4n) is 7.05. The van der Waals surface area contributed by atoms with Crippen LogP contribution in [0.5, 0.6) is 0 Å². The maximum absolute atomic E-state index is 13.7. The van der Waals surface area contributed by atoms with Gasteiger partial charge in [-0.3, -0.25) is 24.5 Å². The number of anilines is 1. The van der Waals surface area contributed by atoms with Gasteiger partial charge >= 0.3 is 0 Å². The third-order valence-electron chi connectivity index (χ3n) is 8.48. The zero-order valence-corrected chi connectivity index (χ0v) is 25.6. The van der Waals surface area contributed by atoms with E-state index in [0.29, 0.717) is 39.1 Å². The summed E-state index contributed by atoms with van der Waals surface area (Å²) in [5, 5.41) is 2.30. The molecular weight excluding hydrogens is 536 g/mol. The van der Waals surface area contributed by atoms with Crippen molar-refractivity contribution in [3.63, 3.8) is 0 Å². The molecule has 216 valence electrons. The highest BCUT2D eigenvalue weighted by atomic mass is 16.2. The van der Waals surface area contributed by atoms with E-state index in [-0.39, 0.29) is 17.2 Å². The monoisotopic (exact) mass is 570 g/mol. The van der Waals surface area contributed by atoms with Crippen LogP contribution in [0.2, 0.25) is 0 Å². The van der Waals surface area contributed by atoms with E-state index >= 15 is 0 Å². The average Bonchev–Trinajstić information content (AvgIpc) is 3.33. The Labute approximate surface area is 251 Å². The van der Waals surface area contributed by atoms with Gasteiger partial charge in [-0.15, -0.1) is 0 Å². The van der Waals surface area contributed by atoms with Crippen LogP contribution in [0, 0.1) is 27.7 Å². The lowest BCUT2D eigenvalue weighted by molar-refractivity contribution is 0.0874. The summed E-state index contributed by atoms with van der Waals surface area (Å²) < 4.78 is 0. The summed E-state index contributed by atoms with van der Waals surface area (Å²) in [6.07, 6.45) is 0.754. The molecule has 0 saturated heterocycles. The van der Waals surface area contributed by atoms with Crippen LogP contribution in [-0.4, -0.2) is 23.6 Å². The minimum absolute atomic E-state index is 0.0761. The summed E-state index contributed by atoms with van der Waals surface area (Å²) in [5.41, 5.74) is 11.4. The quantitative estimate of drug-likeness (QED) is 0.264. The van der Waals surface area contributed by atoms with Gasteiger partial charge in [-0.25, -0.2) is 4.90 Å². The van der Waals surface area contributed by atoms with E-state index in [1.54, 1.807) is 36.4 Å². The van der Waals surface area contributed by atoms with Crippen molar-refractivity contribution in [2.75, 3.05) is 4.90 Å². The summed E-state index contributed by atoms with van der Waals surface area (Å²) in [6, 6.07) is 18.8. The van der Waals surface area contributed by atoms with Gasteiger partial charge in [0.25, 0.3) is 23.6 Å². The van der Waals surface area contributed by atoms with Gasteiger partial charge in [0.1, 0.15) is 0 Å². The number of carbonyl (C=O) groups excluding carboxylic acids is 4. The Hall–Kier alpha value is -4.84. The summed E-state index contributed by atoms with van der Waals surface area (Å²) >= 11 is 0. The number of carbonyl (C=O) groups is 4. The maximum atomic E-state index is 13.7. The number of aryl methyl sites for hydroxylation is 4. The molecule has 2 aliphatic heterocycles. The van der Waals surface area contributed by atoms with Crippen LogP contribution in [0.15, 0.2) is 60.7 Å². The normalized spacial score (nSPS) is 14.3. The van der Waals surface area contributed by atoms with Crippen molar-refractivity contribution in [2.45, 2.75) is 60.3 Å². The summed E-state index contributed by atoms with van der Waals surface area (Å²) in [4.78, 5) is 52.7. The van der Waals surface area contributed by atoms with Crippen molar-refractivity contribution in [2.24, 2.45) is 0 Å². The van der Waals surface area contributed by atoms with Crippen molar-refractivity contribution in [3.8, 4) is 11.1 Å². The minimum atomic E-state index is -0.443. The Morgan fingerprint density at radius 1 is 0.581 bits per heavy atom. The predicted octanol–water partition coefficient (Wildman–Crippen LogP) is 7.16. The van der Waals surface area contributed by atoms with Crippen molar-refractivity contribution in [3.05, 3.63) is 122 Å². The molecule has 0 bridgehead atoms. The second kappa shape index (κ2) is 9.87. The van der Waals surface area contributed by atoms with E-state index in [0.717, 1.165) is 23.1 Å². The molecule has 6 nitrogen and oxygen atoms in total. The Kier molecular flexibility index (Phi) is 6.49. The number of benzene rings is 4. The van der Waals surface area contributed by atoms with E-state index in [9.17, 15) is 19.2 Å². The number of nitrogens with zero attached hydrogens (tertiary/aromatic N) is 1. The highest BCUT2D eigenvalue weighted by Gasteiger charge is 2.38. The first-order valence-electron chi connectivity index (χ1n) is 14.5. The molecule has 1 N–H and O–H groups in total. The van der Waals surface area contributed by atoms with E-state index in [1.165, 1.54) is 27.2 Å². The number of amides is 4. The Balaban J connectivity index is 1.30. The lowest BCUT2D eigenvalue weighted by Crippen LogP contribution is -2.30. The van der Waals surface area contributed by atoms with Gasteiger partial charge in [0, 0.05) is 0 Å². The summed E-state index contributed by atoms with van der Waals surface area (Å²) in [6.45, 7) is 14.9. The van der Waals surface area contributed by atoms with E-state index in [4.69, 9.17) is 0 Å². The molecule has 4 aromatic carbocycles. The van der Waals surface area contributed by atoms with Crippen LogP contribution in [-0.2, 0) is 11.8 Å². The third kappa shape index (κ3) is 4.67. The zero-order chi connectivity index (χ0) is 31.0. The van der Waals surface area contributed by atoms with Gasteiger partial charge < -0.3 is 0 Å². The predicted molar refractivity (Wildman–Crippen MR) is 168 cm³/mol. The molecule has 0 atom stereocenters. The number of hydrogen-bond donors (Lipinski definition) is 1. The van der Waals surface area contributed by atoms with Gasteiger partial charge in [0.2, 0.25) is 0 Å². The molecule has 0 radical (unpaired) electrons. The minimum Gasteiger partial charge on any atom is -0.288 e. The molecule has 0 fully saturated rings. The van der Waals surface area contributed by atoms with E-state index in [1.807, 2.05) is 13.8 Å². The molecule has 0 spiro atoms. The lowest BCUT2D eigenvalue weighted by Gasteiger charge is -2.25. The van der Waals surface area contributed by atoms with Crippen molar-refractivity contribution >= 4 is 29.3 Å². The fraction of sp³-hybridized carbons (Fsp3) is 0.243. The lowest BCUT2D eigenvalue weighted by atomic mass is 9.80. The van der Waals surface area contributed by atoms with Gasteiger partial charge in [0.05, 0.1) is 27.9 Å². The first kappa shape index (κ1) is 28.3. The number of rotatable bonds is 4. The average molecular weight is 571 g/mol. The van der Waals surface area contributed by atoms with Gasteiger partial charge in [-0.1, -0.05) is 57.2 Å². The maximum Gasteiger partial charge on any atom is 0.266 e.